The van der Waals surface area contributed by atoms with E-state index in [4.69, 9.17) is 22.1 Å². The van der Waals surface area contributed by atoms with Gasteiger partial charge in [-0.2, -0.15) is 26.3 Å². The van der Waals surface area contributed by atoms with E-state index in [1.54, 1.807) is 12.1 Å². The third kappa shape index (κ3) is 8.55. The van der Waals surface area contributed by atoms with E-state index >= 15 is 0 Å². The average molecular weight is 608 g/mol. The van der Waals surface area contributed by atoms with Gasteiger partial charge >= 0.3 is 12.4 Å². The average Bonchev–Trinajstić information content (AvgIpc) is 3.01. The number of carbonyl (C=O) groups excluding carboxylic acids is 3. The van der Waals surface area contributed by atoms with Crippen molar-refractivity contribution in [3.05, 3.63) is 52.8 Å². The molecule has 0 bridgehead atoms. The third-order valence-electron chi connectivity index (χ3n) is 6.17. The minimum atomic E-state index is -4.80. The Kier molecular flexibility index (Phi) is 9.84. The predicted octanol–water partition coefficient (Wildman–Crippen LogP) is 4.38. The van der Waals surface area contributed by atoms with Gasteiger partial charge in [0.2, 0.25) is 18.0 Å². The third-order valence-corrected chi connectivity index (χ3v) is 6.39. The molecule has 0 spiro atoms. The summed E-state index contributed by atoms with van der Waals surface area (Å²) >= 11 is 5.92. The zero-order valence-electron chi connectivity index (χ0n) is 21.3. The Morgan fingerprint density at radius 1 is 1.07 bits per heavy atom. The second kappa shape index (κ2) is 12.7. The molecule has 1 aromatic carbocycles. The van der Waals surface area contributed by atoms with E-state index in [-0.39, 0.29) is 27.9 Å². The van der Waals surface area contributed by atoms with Crippen LogP contribution < -0.4 is 21.1 Å². The second-order valence-electron chi connectivity index (χ2n) is 9.05. The summed E-state index contributed by atoms with van der Waals surface area (Å²) in [7, 11) is 1.33. The van der Waals surface area contributed by atoms with Gasteiger partial charge in [0.15, 0.2) is 0 Å². The molecular weight excluding hydrogens is 584 g/mol. The molecule has 3 atom stereocenters. The van der Waals surface area contributed by atoms with Crippen LogP contribution in [0.25, 0.3) is 0 Å². The summed E-state index contributed by atoms with van der Waals surface area (Å²) < 4.78 is 83.1. The number of para-hydroxylation sites is 1. The molecule has 2 heterocycles. The fourth-order valence-corrected chi connectivity index (χ4v) is 4.34. The van der Waals surface area contributed by atoms with Crippen LogP contribution in [0.4, 0.5) is 32.0 Å². The standard InChI is InChI=1S/C25H24ClF6N5O4/c1-41-17-4-2-3-15-18(16-6-5-12(26)11-34-16)35-21(23(40)36-19(15)17)37-22(39)14(8-10-25(30,31)32)13(20(33)38)7-9-24(27,28)29/h2-6,11,13-14,21H,7-10H2,1H3,(H2,33,38)(H,36,40)(H,37,39). The number of aromatic nitrogens is 1. The Bertz CT molecular complexity index is 1320. The molecule has 0 aliphatic carbocycles. The molecule has 16 heteroatoms. The number of halogens is 7. The summed E-state index contributed by atoms with van der Waals surface area (Å²) in [5.41, 5.74) is 5.90. The lowest BCUT2D eigenvalue weighted by molar-refractivity contribution is -0.152. The fraction of sp³-hybridized carbons (Fsp3) is 0.400. The Hall–Kier alpha value is -3.88. The number of nitrogens with one attached hydrogen (secondary N) is 2. The molecule has 3 rings (SSSR count). The molecule has 41 heavy (non-hydrogen) atoms. The van der Waals surface area contributed by atoms with Crippen molar-refractivity contribution in [2.24, 2.45) is 22.6 Å². The summed E-state index contributed by atoms with van der Waals surface area (Å²) in [6, 6.07) is 7.61. The molecule has 1 aromatic heterocycles. The first-order valence-corrected chi connectivity index (χ1v) is 12.4. The maximum absolute atomic E-state index is 13.3. The number of methoxy groups -OCH3 is 1. The Balaban J connectivity index is 2.03. The van der Waals surface area contributed by atoms with Crippen LogP contribution in [-0.4, -0.2) is 54.0 Å². The monoisotopic (exact) mass is 607 g/mol. The number of benzene rings is 1. The summed E-state index contributed by atoms with van der Waals surface area (Å²) in [6.45, 7) is 0. The zero-order valence-corrected chi connectivity index (χ0v) is 22.0. The highest BCUT2D eigenvalue weighted by molar-refractivity contribution is 6.30. The first kappa shape index (κ1) is 31.6. The van der Waals surface area contributed by atoms with Gasteiger partial charge in [0.25, 0.3) is 5.91 Å². The van der Waals surface area contributed by atoms with Gasteiger partial charge in [-0.15, -0.1) is 0 Å². The van der Waals surface area contributed by atoms with Crippen molar-refractivity contribution < 1.29 is 45.5 Å². The van der Waals surface area contributed by atoms with Gasteiger partial charge in [-0.3, -0.25) is 19.4 Å². The van der Waals surface area contributed by atoms with Gasteiger partial charge in [0.05, 0.1) is 29.2 Å². The number of alkyl halides is 6. The van der Waals surface area contributed by atoms with E-state index in [0.29, 0.717) is 5.56 Å². The number of primary amides is 1. The van der Waals surface area contributed by atoms with Gasteiger partial charge in [-0.1, -0.05) is 23.7 Å². The van der Waals surface area contributed by atoms with Crippen LogP contribution in [0, 0.1) is 11.8 Å². The van der Waals surface area contributed by atoms with Crippen molar-refractivity contribution >= 4 is 40.7 Å². The number of amides is 3. The number of rotatable bonds is 10. The minimum Gasteiger partial charge on any atom is -0.495 e. The number of fused-ring (bicyclic) bond motifs is 1. The normalized spacial score (nSPS) is 16.9. The first-order valence-electron chi connectivity index (χ1n) is 12.0. The van der Waals surface area contributed by atoms with Crippen molar-refractivity contribution in [3.8, 4) is 5.75 Å². The van der Waals surface area contributed by atoms with Crippen molar-refractivity contribution in [2.45, 2.75) is 44.2 Å². The lowest BCUT2D eigenvalue weighted by Crippen LogP contribution is -2.48. The predicted molar refractivity (Wildman–Crippen MR) is 135 cm³/mol. The van der Waals surface area contributed by atoms with Gasteiger partial charge in [0.1, 0.15) is 5.75 Å². The number of aliphatic imine (C=N–C) groups is 1. The number of carbonyl (C=O) groups is 3. The van der Waals surface area contributed by atoms with Crippen molar-refractivity contribution in [1.29, 1.82) is 0 Å². The molecule has 4 N–H and O–H groups in total. The maximum atomic E-state index is 13.3. The van der Waals surface area contributed by atoms with Crippen LogP contribution in [0.1, 0.15) is 36.9 Å². The smallest absolute Gasteiger partial charge is 0.389 e. The van der Waals surface area contributed by atoms with E-state index in [0.717, 1.165) is 0 Å². The van der Waals surface area contributed by atoms with Crippen molar-refractivity contribution in [1.82, 2.24) is 10.3 Å². The SMILES string of the molecule is COc1cccc2c1NC(=O)C(NC(=O)C(CCC(F)(F)F)C(CCC(F)(F)F)C(N)=O)N=C2c1ccc(Cl)cn1. The van der Waals surface area contributed by atoms with Crippen LogP contribution in [0.3, 0.4) is 0 Å². The van der Waals surface area contributed by atoms with E-state index < -0.39 is 73.8 Å². The Morgan fingerprint density at radius 2 is 1.71 bits per heavy atom. The van der Waals surface area contributed by atoms with E-state index in [2.05, 4.69) is 20.6 Å². The van der Waals surface area contributed by atoms with Crippen molar-refractivity contribution in [2.75, 3.05) is 12.4 Å². The topological polar surface area (TPSA) is 136 Å². The van der Waals surface area contributed by atoms with E-state index in [1.807, 2.05) is 0 Å². The molecule has 0 fully saturated rings. The molecule has 0 saturated heterocycles. The molecule has 1 aliphatic rings. The van der Waals surface area contributed by atoms with Crippen LogP contribution >= 0.6 is 11.6 Å². The molecule has 3 unspecified atom stereocenters. The molecule has 1 aliphatic heterocycles. The number of hydrogen-bond acceptors (Lipinski definition) is 6. The molecule has 9 nitrogen and oxygen atoms in total. The Labute approximate surface area is 234 Å². The highest BCUT2D eigenvalue weighted by Crippen LogP contribution is 2.34. The summed E-state index contributed by atoms with van der Waals surface area (Å²) in [5, 5.41) is 4.98. The lowest BCUT2D eigenvalue weighted by atomic mass is 9.83. The molecule has 3 amide bonds. The molecule has 2 aromatic rings. The molecular formula is C25H24ClF6N5O4. The van der Waals surface area contributed by atoms with E-state index in [9.17, 15) is 40.7 Å². The number of anilines is 1. The number of nitrogens with two attached hydrogens (primary N) is 1. The first-order chi connectivity index (χ1) is 19.1. The van der Waals surface area contributed by atoms with Crippen molar-refractivity contribution in [3.63, 3.8) is 0 Å². The van der Waals surface area contributed by atoms with E-state index in [1.165, 1.54) is 31.5 Å². The van der Waals surface area contributed by atoms with Gasteiger partial charge in [0, 0.05) is 36.4 Å². The Morgan fingerprint density at radius 3 is 2.24 bits per heavy atom. The quantitative estimate of drug-likeness (QED) is 0.345. The van der Waals surface area contributed by atoms with Crippen LogP contribution in [-0.2, 0) is 14.4 Å². The molecule has 222 valence electrons. The van der Waals surface area contributed by atoms with Crippen LogP contribution in [0.2, 0.25) is 5.02 Å². The number of pyridine rings is 1. The van der Waals surface area contributed by atoms with Gasteiger partial charge in [-0.25, -0.2) is 4.99 Å². The molecule has 0 saturated carbocycles. The van der Waals surface area contributed by atoms with Crippen LogP contribution in [0.15, 0.2) is 41.5 Å². The summed E-state index contributed by atoms with van der Waals surface area (Å²) in [6.07, 6.45) is -15.3. The highest BCUT2D eigenvalue weighted by Gasteiger charge is 2.40. The summed E-state index contributed by atoms with van der Waals surface area (Å²) in [4.78, 5) is 46.9. The summed E-state index contributed by atoms with van der Waals surface area (Å²) in [5.74, 6) is -7.32. The lowest BCUT2D eigenvalue weighted by Gasteiger charge is -2.26. The zero-order chi connectivity index (χ0) is 30.5. The number of hydrogen-bond donors (Lipinski definition) is 3. The fourth-order valence-electron chi connectivity index (χ4n) is 4.23. The second-order valence-corrected chi connectivity index (χ2v) is 9.48. The minimum absolute atomic E-state index is 0.0505. The van der Waals surface area contributed by atoms with Gasteiger partial charge in [-0.05, 0) is 31.0 Å². The highest BCUT2D eigenvalue weighted by atomic mass is 35.5. The number of benzodiazepines with no additional fused rings is 1. The maximum Gasteiger partial charge on any atom is 0.389 e. The van der Waals surface area contributed by atoms with Gasteiger partial charge < -0.3 is 21.1 Å². The molecule has 0 radical (unpaired) electrons. The van der Waals surface area contributed by atoms with Crippen LogP contribution in [0.5, 0.6) is 5.75 Å². The largest absolute Gasteiger partial charge is 0.495 e. The number of ether oxygens (including phenoxy) is 1. The number of nitrogens with zero attached hydrogens (tertiary/aromatic N) is 2.